The summed E-state index contributed by atoms with van der Waals surface area (Å²) in [6.45, 7) is 3.93. The number of hydrogen-bond donors (Lipinski definition) is 1. The summed E-state index contributed by atoms with van der Waals surface area (Å²) in [6, 6.07) is 0. The number of ether oxygens (including phenoxy) is 2. The maximum absolute atomic E-state index is 11.1. The Balaban J connectivity index is 2.21. The molecule has 6 heteroatoms. The topological polar surface area (TPSA) is 56.5 Å². The summed E-state index contributed by atoms with van der Waals surface area (Å²) in [4.78, 5) is 0. The molecule has 2 heterocycles. The van der Waals surface area contributed by atoms with Gasteiger partial charge in [0, 0.05) is 20.0 Å². The summed E-state index contributed by atoms with van der Waals surface area (Å²) in [5.41, 5.74) is -0.0276. The van der Waals surface area contributed by atoms with E-state index in [9.17, 15) is 5.11 Å². The molecular weight excluding hydrogens is 324 g/mol. The Kier molecular flexibility index (Phi) is 5.60. The minimum Gasteiger partial charge on any atom is -0.383 e. The maximum atomic E-state index is 11.1. The van der Waals surface area contributed by atoms with Crippen LogP contribution < -0.4 is 0 Å². The molecule has 1 saturated heterocycles. The van der Waals surface area contributed by atoms with Crippen LogP contribution in [0.25, 0.3) is 0 Å². The number of nitrogens with zero attached hydrogens (tertiary/aromatic N) is 2. The molecule has 114 valence electrons. The smallest absolute Gasteiger partial charge is 0.112 e. The van der Waals surface area contributed by atoms with Crippen LogP contribution >= 0.6 is 15.9 Å². The molecule has 0 aromatic carbocycles. The summed E-state index contributed by atoms with van der Waals surface area (Å²) in [5.74, 6) is 0. The predicted molar refractivity (Wildman–Crippen MR) is 79.6 cm³/mol. The molecule has 1 fully saturated rings. The molecule has 0 radical (unpaired) electrons. The number of aliphatic hydroxyl groups is 1. The minimum atomic E-state index is -0.874. The largest absolute Gasteiger partial charge is 0.383 e. The van der Waals surface area contributed by atoms with Crippen molar-refractivity contribution >= 4 is 15.9 Å². The summed E-state index contributed by atoms with van der Waals surface area (Å²) in [7, 11) is 1.67. The van der Waals surface area contributed by atoms with E-state index in [0.717, 1.165) is 23.0 Å². The fourth-order valence-corrected chi connectivity index (χ4v) is 3.49. The third kappa shape index (κ3) is 3.42. The van der Waals surface area contributed by atoms with Crippen molar-refractivity contribution in [2.24, 2.45) is 0 Å². The van der Waals surface area contributed by atoms with Gasteiger partial charge in [0.2, 0.25) is 0 Å². The molecule has 1 aromatic rings. The zero-order chi connectivity index (χ0) is 14.6. The Bertz CT molecular complexity index is 436. The van der Waals surface area contributed by atoms with Crippen molar-refractivity contribution in [1.29, 1.82) is 0 Å². The monoisotopic (exact) mass is 346 g/mol. The van der Waals surface area contributed by atoms with Gasteiger partial charge in [-0.2, -0.15) is 5.10 Å². The molecule has 2 unspecified atom stereocenters. The number of rotatable bonds is 6. The van der Waals surface area contributed by atoms with Gasteiger partial charge >= 0.3 is 0 Å². The SMILES string of the molecule is CCCC1CC(O)(c2c(Br)cnn2CCOC)CCO1. The molecule has 1 aliphatic heterocycles. The number of halogens is 1. The van der Waals surface area contributed by atoms with E-state index >= 15 is 0 Å². The summed E-state index contributed by atoms with van der Waals surface area (Å²) in [5, 5.41) is 15.4. The van der Waals surface area contributed by atoms with Gasteiger partial charge in [-0.25, -0.2) is 0 Å². The highest BCUT2D eigenvalue weighted by Gasteiger charge is 2.40. The van der Waals surface area contributed by atoms with Crippen molar-refractivity contribution in [2.75, 3.05) is 20.3 Å². The first kappa shape index (κ1) is 15.9. The van der Waals surface area contributed by atoms with Crippen LogP contribution in [-0.4, -0.2) is 41.3 Å². The van der Waals surface area contributed by atoms with Gasteiger partial charge < -0.3 is 14.6 Å². The fourth-order valence-electron chi connectivity index (χ4n) is 2.83. The van der Waals surface area contributed by atoms with Crippen LogP contribution in [0.4, 0.5) is 0 Å². The molecule has 1 N–H and O–H groups in total. The van der Waals surface area contributed by atoms with Crippen molar-refractivity contribution in [3.63, 3.8) is 0 Å². The quantitative estimate of drug-likeness (QED) is 0.859. The zero-order valence-corrected chi connectivity index (χ0v) is 13.7. The van der Waals surface area contributed by atoms with Gasteiger partial charge in [0.25, 0.3) is 0 Å². The number of hydrogen-bond acceptors (Lipinski definition) is 4. The lowest BCUT2D eigenvalue weighted by atomic mass is 9.86. The van der Waals surface area contributed by atoms with E-state index in [-0.39, 0.29) is 6.10 Å². The molecule has 0 saturated carbocycles. The Labute approximate surface area is 128 Å². The normalized spacial score (nSPS) is 26.9. The van der Waals surface area contributed by atoms with Crippen molar-refractivity contribution in [1.82, 2.24) is 9.78 Å². The molecule has 1 aromatic heterocycles. The molecule has 20 heavy (non-hydrogen) atoms. The van der Waals surface area contributed by atoms with Crippen molar-refractivity contribution in [2.45, 2.75) is 50.9 Å². The first-order valence-corrected chi connectivity index (χ1v) is 7.94. The Morgan fingerprint density at radius 2 is 2.45 bits per heavy atom. The molecule has 0 aliphatic carbocycles. The maximum Gasteiger partial charge on any atom is 0.112 e. The van der Waals surface area contributed by atoms with Crippen LogP contribution in [0, 0.1) is 0 Å². The first-order valence-electron chi connectivity index (χ1n) is 7.15. The van der Waals surface area contributed by atoms with Gasteiger partial charge in [-0.15, -0.1) is 0 Å². The molecule has 1 aliphatic rings. The average molecular weight is 347 g/mol. The van der Waals surface area contributed by atoms with Gasteiger partial charge in [0.1, 0.15) is 5.60 Å². The molecule has 0 bridgehead atoms. The van der Waals surface area contributed by atoms with Gasteiger partial charge in [-0.05, 0) is 22.4 Å². The van der Waals surface area contributed by atoms with E-state index in [1.807, 2.05) is 4.68 Å². The zero-order valence-electron chi connectivity index (χ0n) is 12.1. The Morgan fingerprint density at radius 3 is 3.15 bits per heavy atom. The standard InChI is InChI=1S/C14H23BrN2O3/c1-3-4-11-9-14(18,5-7-20-11)13-12(15)10-16-17(13)6-8-19-2/h10-11,18H,3-9H2,1-2H3. The van der Waals surface area contributed by atoms with Crippen LogP contribution in [0.1, 0.15) is 38.3 Å². The summed E-state index contributed by atoms with van der Waals surface area (Å²) < 4.78 is 13.5. The average Bonchev–Trinajstić information content (AvgIpc) is 2.79. The van der Waals surface area contributed by atoms with Crippen LogP contribution in [-0.2, 0) is 21.6 Å². The van der Waals surface area contributed by atoms with Crippen molar-refractivity contribution in [3.8, 4) is 0 Å². The number of aromatic nitrogens is 2. The third-order valence-corrected chi connectivity index (χ3v) is 4.37. The fraction of sp³-hybridized carbons (Fsp3) is 0.786. The van der Waals surface area contributed by atoms with Gasteiger partial charge in [-0.1, -0.05) is 13.3 Å². The van der Waals surface area contributed by atoms with Gasteiger partial charge in [0.05, 0.1) is 42.2 Å². The molecular formula is C14H23BrN2O3. The van der Waals surface area contributed by atoms with E-state index < -0.39 is 5.60 Å². The van der Waals surface area contributed by atoms with Crippen LogP contribution in [0.3, 0.4) is 0 Å². The Hall–Kier alpha value is -0.430. The first-order chi connectivity index (χ1) is 9.60. The number of methoxy groups -OCH3 is 1. The summed E-state index contributed by atoms with van der Waals surface area (Å²) in [6.07, 6.45) is 5.13. The predicted octanol–water partition coefficient (Wildman–Crippen LogP) is 2.46. The molecule has 0 spiro atoms. The molecule has 2 atom stereocenters. The second-order valence-electron chi connectivity index (χ2n) is 5.32. The van der Waals surface area contributed by atoms with E-state index in [1.54, 1.807) is 13.3 Å². The van der Waals surface area contributed by atoms with Crippen molar-refractivity contribution < 1.29 is 14.6 Å². The lowest BCUT2D eigenvalue weighted by Crippen LogP contribution is -2.40. The molecule has 0 amide bonds. The van der Waals surface area contributed by atoms with Crippen molar-refractivity contribution in [3.05, 3.63) is 16.4 Å². The second kappa shape index (κ2) is 7.02. The van der Waals surface area contributed by atoms with Gasteiger partial charge in [0.15, 0.2) is 0 Å². The molecule has 2 rings (SSSR count). The highest BCUT2D eigenvalue weighted by atomic mass is 79.9. The van der Waals surface area contributed by atoms with E-state index in [1.165, 1.54) is 0 Å². The lowest BCUT2D eigenvalue weighted by molar-refractivity contribution is -0.114. The van der Waals surface area contributed by atoms with E-state index in [0.29, 0.717) is 32.6 Å². The van der Waals surface area contributed by atoms with Crippen LogP contribution in [0.5, 0.6) is 0 Å². The van der Waals surface area contributed by atoms with Crippen LogP contribution in [0.15, 0.2) is 10.7 Å². The van der Waals surface area contributed by atoms with Gasteiger partial charge in [-0.3, -0.25) is 4.68 Å². The third-order valence-electron chi connectivity index (χ3n) is 3.79. The highest BCUT2D eigenvalue weighted by molar-refractivity contribution is 9.10. The second-order valence-corrected chi connectivity index (χ2v) is 6.18. The van der Waals surface area contributed by atoms with Crippen LogP contribution in [0.2, 0.25) is 0 Å². The minimum absolute atomic E-state index is 0.122. The lowest BCUT2D eigenvalue weighted by Gasteiger charge is -2.37. The Morgan fingerprint density at radius 1 is 1.65 bits per heavy atom. The van der Waals surface area contributed by atoms with E-state index in [2.05, 4.69) is 28.0 Å². The van der Waals surface area contributed by atoms with E-state index in [4.69, 9.17) is 9.47 Å². The highest BCUT2D eigenvalue weighted by Crippen LogP contribution is 2.39. The summed E-state index contributed by atoms with van der Waals surface area (Å²) >= 11 is 3.51. The molecule has 5 nitrogen and oxygen atoms in total.